The standard InChI is InChI=1S/C12H16N2O5/c1-3-4-8-5-14(12(18)13-11(8)17)6-9(16)10(7-15)19-2/h5,9-10,15-16H,6-7H2,1-2H3,(H,13,17,18)/t9-,10+/m0/s1. The summed E-state index contributed by atoms with van der Waals surface area (Å²) in [7, 11) is 1.34. The lowest BCUT2D eigenvalue weighted by Crippen LogP contribution is -2.40. The zero-order chi connectivity index (χ0) is 14.4. The third-order valence-electron chi connectivity index (χ3n) is 2.57. The van der Waals surface area contributed by atoms with E-state index in [2.05, 4.69) is 16.8 Å². The molecule has 0 aliphatic rings. The third-order valence-corrected chi connectivity index (χ3v) is 2.57. The van der Waals surface area contributed by atoms with Gasteiger partial charge in [-0.3, -0.25) is 14.3 Å². The number of nitrogens with one attached hydrogen (secondary N) is 1. The fourth-order valence-electron chi connectivity index (χ4n) is 1.54. The number of aliphatic hydroxyl groups is 2. The molecule has 0 aromatic carbocycles. The van der Waals surface area contributed by atoms with E-state index in [0.717, 1.165) is 4.57 Å². The van der Waals surface area contributed by atoms with Gasteiger partial charge in [0.15, 0.2) is 0 Å². The third kappa shape index (κ3) is 3.79. The van der Waals surface area contributed by atoms with Gasteiger partial charge in [-0.1, -0.05) is 5.92 Å². The molecule has 0 spiro atoms. The predicted octanol–water partition coefficient (Wildman–Crippen LogP) is -1.72. The van der Waals surface area contributed by atoms with Crippen LogP contribution in [0.4, 0.5) is 0 Å². The molecule has 19 heavy (non-hydrogen) atoms. The maximum Gasteiger partial charge on any atom is 0.328 e. The molecule has 1 rings (SSSR count). The van der Waals surface area contributed by atoms with Crippen LogP contribution in [0.3, 0.4) is 0 Å². The van der Waals surface area contributed by atoms with Crippen molar-refractivity contribution in [3.63, 3.8) is 0 Å². The molecule has 1 heterocycles. The Morgan fingerprint density at radius 2 is 2.21 bits per heavy atom. The summed E-state index contributed by atoms with van der Waals surface area (Å²) in [6, 6.07) is 0. The Hall–Kier alpha value is -1.88. The van der Waals surface area contributed by atoms with Crippen molar-refractivity contribution in [2.75, 3.05) is 13.7 Å². The summed E-state index contributed by atoms with van der Waals surface area (Å²) in [5.74, 6) is 5.12. The van der Waals surface area contributed by atoms with Crippen LogP contribution in [-0.4, -0.2) is 45.7 Å². The van der Waals surface area contributed by atoms with E-state index < -0.39 is 23.5 Å². The Morgan fingerprint density at radius 3 is 2.74 bits per heavy atom. The first-order chi connectivity index (χ1) is 9.03. The summed E-state index contributed by atoms with van der Waals surface area (Å²) in [6.07, 6.45) is -0.620. The first-order valence-corrected chi connectivity index (χ1v) is 5.61. The number of hydrogen-bond acceptors (Lipinski definition) is 5. The van der Waals surface area contributed by atoms with Gasteiger partial charge in [0.05, 0.1) is 13.2 Å². The number of methoxy groups -OCH3 is 1. The minimum absolute atomic E-state index is 0.118. The van der Waals surface area contributed by atoms with Gasteiger partial charge < -0.3 is 14.9 Å². The largest absolute Gasteiger partial charge is 0.394 e. The molecule has 0 amide bonds. The molecule has 3 N–H and O–H groups in total. The quantitative estimate of drug-likeness (QED) is 0.551. The smallest absolute Gasteiger partial charge is 0.328 e. The molecule has 0 bridgehead atoms. The molecule has 0 saturated heterocycles. The average Bonchev–Trinajstić information content (AvgIpc) is 2.37. The number of aliphatic hydroxyl groups excluding tert-OH is 2. The molecule has 7 heteroatoms. The van der Waals surface area contributed by atoms with Crippen LogP contribution in [0.25, 0.3) is 0 Å². The van der Waals surface area contributed by atoms with Crippen molar-refractivity contribution in [2.24, 2.45) is 0 Å². The first kappa shape index (κ1) is 15.2. The zero-order valence-corrected chi connectivity index (χ0v) is 10.7. The van der Waals surface area contributed by atoms with Crippen LogP contribution in [0, 0.1) is 11.8 Å². The normalized spacial score (nSPS) is 13.5. The van der Waals surface area contributed by atoms with E-state index in [1.165, 1.54) is 13.3 Å². The van der Waals surface area contributed by atoms with Crippen LogP contribution in [0.5, 0.6) is 0 Å². The van der Waals surface area contributed by atoms with E-state index in [1.54, 1.807) is 6.92 Å². The lowest BCUT2D eigenvalue weighted by Gasteiger charge is -2.20. The van der Waals surface area contributed by atoms with Crippen molar-refractivity contribution in [1.82, 2.24) is 9.55 Å². The summed E-state index contributed by atoms with van der Waals surface area (Å²) in [6.45, 7) is 1.07. The monoisotopic (exact) mass is 268 g/mol. The Kier molecular flexibility index (Phi) is 5.51. The van der Waals surface area contributed by atoms with Gasteiger partial charge in [-0.25, -0.2) is 4.79 Å². The molecule has 7 nitrogen and oxygen atoms in total. The van der Waals surface area contributed by atoms with Gasteiger partial charge in [-0.15, -0.1) is 5.92 Å². The SMILES string of the molecule is CC#Cc1cn(C[C@H](O)[C@@H](CO)OC)c(=O)[nH]c1=O. The number of nitrogens with zero attached hydrogens (tertiary/aromatic N) is 1. The Labute approximate surface area is 109 Å². The molecule has 0 aliphatic heterocycles. The summed E-state index contributed by atoms with van der Waals surface area (Å²) in [4.78, 5) is 25.1. The van der Waals surface area contributed by atoms with E-state index >= 15 is 0 Å². The molecule has 0 aliphatic carbocycles. The van der Waals surface area contributed by atoms with Crippen LogP contribution in [0.2, 0.25) is 0 Å². The van der Waals surface area contributed by atoms with Crippen LogP contribution >= 0.6 is 0 Å². The fraction of sp³-hybridized carbons (Fsp3) is 0.500. The Balaban J connectivity index is 3.07. The van der Waals surface area contributed by atoms with E-state index in [1.807, 2.05) is 0 Å². The van der Waals surface area contributed by atoms with Crippen molar-refractivity contribution in [3.05, 3.63) is 32.6 Å². The number of ether oxygens (including phenoxy) is 1. The number of aromatic nitrogens is 2. The second kappa shape index (κ2) is 6.89. The first-order valence-electron chi connectivity index (χ1n) is 5.61. The maximum atomic E-state index is 11.6. The van der Waals surface area contributed by atoms with Gasteiger partial charge in [0.2, 0.25) is 0 Å². The Morgan fingerprint density at radius 1 is 1.53 bits per heavy atom. The Bertz CT molecular complexity index is 589. The lowest BCUT2D eigenvalue weighted by atomic mass is 10.2. The van der Waals surface area contributed by atoms with E-state index in [4.69, 9.17) is 9.84 Å². The molecular formula is C12H16N2O5. The second-order valence-corrected chi connectivity index (χ2v) is 3.85. The van der Waals surface area contributed by atoms with Crippen LogP contribution in [-0.2, 0) is 11.3 Å². The maximum absolute atomic E-state index is 11.6. The topological polar surface area (TPSA) is 105 Å². The number of rotatable bonds is 5. The number of aromatic amines is 1. The second-order valence-electron chi connectivity index (χ2n) is 3.85. The van der Waals surface area contributed by atoms with Gasteiger partial charge in [0.25, 0.3) is 5.56 Å². The molecule has 1 aromatic rings. The molecule has 2 atom stereocenters. The minimum atomic E-state index is -1.08. The highest BCUT2D eigenvalue weighted by atomic mass is 16.5. The van der Waals surface area contributed by atoms with Crippen molar-refractivity contribution in [2.45, 2.75) is 25.7 Å². The van der Waals surface area contributed by atoms with E-state index in [-0.39, 0.29) is 18.7 Å². The molecule has 1 aromatic heterocycles. The van der Waals surface area contributed by atoms with E-state index in [0.29, 0.717) is 0 Å². The van der Waals surface area contributed by atoms with Gasteiger partial charge >= 0.3 is 5.69 Å². The molecule has 0 unspecified atom stereocenters. The van der Waals surface area contributed by atoms with Crippen LogP contribution in [0.1, 0.15) is 12.5 Å². The highest BCUT2D eigenvalue weighted by Gasteiger charge is 2.19. The van der Waals surface area contributed by atoms with Crippen molar-refractivity contribution < 1.29 is 14.9 Å². The molecule has 0 fully saturated rings. The average molecular weight is 268 g/mol. The summed E-state index contributed by atoms with van der Waals surface area (Å²) < 4.78 is 5.98. The summed E-state index contributed by atoms with van der Waals surface area (Å²) >= 11 is 0. The molecule has 0 radical (unpaired) electrons. The lowest BCUT2D eigenvalue weighted by molar-refractivity contribution is -0.0475. The van der Waals surface area contributed by atoms with Gasteiger partial charge in [-0.05, 0) is 6.92 Å². The van der Waals surface area contributed by atoms with E-state index in [9.17, 15) is 14.7 Å². The van der Waals surface area contributed by atoms with Gasteiger partial charge in [-0.2, -0.15) is 0 Å². The minimum Gasteiger partial charge on any atom is -0.394 e. The highest BCUT2D eigenvalue weighted by molar-refractivity contribution is 5.28. The van der Waals surface area contributed by atoms with Crippen molar-refractivity contribution in [3.8, 4) is 11.8 Å². The highest BCUT2D eigenvalue weighted by Crippen LogP contribution is 2.00. The number of hydrogen-bond donors (Lipinski definition) is 3. The van der Waals surface area contributed by atoms with Crippen molar-refractivity contribution in [1.29, 1.82) is 0 Å². The predicted molar refractivity (Wildman–Crippen MR) is 67.8 cm³/mol. The summed E-state index contributed by atoms with van der Waals surface area (Å²) in [5, 5.41) is 18.8. The van der Waals surface area contributed by atoms with Gasteiger partial charge in [0, 0.05) is 13.3 Å². The van der Waals surface area contributed by atoms with Crippen molar-refractivity contribution >= 4 is 0 Å². The molecule has 0 saturated carbocycles. The fourth-order valence-corrected chi connectivity index (χ4v) is 1.54. The number of H-pyrrole nitrogens is 1. The summed E-state index contributed by atoms with van der Waals surface area (Å²) in [5.41, 5.74) is -1.10. The van der Waals surface area contributed by atoms with Gasteiger partial charge in [0.1, 0.15) is 17.8 Å². The molecular weight excluding hydrogens is 252 g/mol. The van der Waals surface area contributed by atoms with Crippen LogP contribution < -0.4 is 11.2 Å². The van der Waals surface area contributed by atoms with Crippen LogP contribution in [0.15, 0.2) is 15.8 Å². The zero-order valence-electron chi connectivity index (χ0n) is 10.7. The molecule has 104 valence electrons.